The molecule has 9 nitrogen and oxygen atoms in total. The molecular weight excluding hydrogens is 528 g/mol. The minimum absolute atomic E-state index is 0.0905. The van der Waals surface area contributed by atoms with Gasteiger partial charge in [-0.1, -0.05) is 31.4 Å². The highest BCUT2D eigenvalue weighted by atomic mass is 35.5. The molecule has 10 heteroatoms. The number of ether oxygens (including phenoxy) is 3. The van der Waals surface area contributed by atoms with Gasteiger partial charge in [-0.3, -0.25) is 0 Å². The van der Waals surface area contributed by atoms with E-state index in [4.69, 9.17) is 35.8 Å². The van der Waals surface area contributed by atoms with Gasteiger partial charge in [-0.25, -0.2) is 4.98 Å². The van der Waals surface area contributed by atoms with Crippen LogP contribution in [0.3, 0.4) is 0 Å². The zero-order valence-corrected chi connectivity index (χ0v) is 24.1. The average Bonchev–Trinajstić information content (AvgIpc) is 3.58. The molecule has 0 unspecified atom stereocenters. The fraction of sp³-hybridized carbons (Fsp3) is 0.600. The lowest BCUT2D eigenvalue weighted by Gasteiger charge is -2.39. The molecule has 0 radical (unpaired) electrons. The number of aromatic nitrogens is 4. The summed E-state index contributed by atoms with van der Waals surface area (Å²) in [7, 11) is 1.64. The Labute approximate surface area is 240 Å². The first-order valence-electron chi connectivity index (χ1n) is 14.5. The highest BCUT2D eigenvalue weighted by Crippen LogP contribution is 2.39. The number of hydrogen-bond donors (Lipinski definition) is 0. The Morgan fingerprint density at radius 2 is 1.93 bits per heavy atom. The van der Waals surface area contributed by atoms with Crippen LogP contribution in [0.5, 0.6) is 5.75 Å². The van der Waals surface area contributed by atoms with E-state index in [9.17, 15) is 5.26 Å². The Bertz CT molecular complexity index is 1400. The van der Waals surface area contributed by atoms with Crippen molar-refractivity contribution in [2.75, 3.05) is 38.4 Å². The second-order valence-corrected chi connectivity index (χ2v) is 11.9. The number of fused-ring (bicyclic) bond motifs is 2. The first-order chi connectivity index (χ1) is 19.5. The molecule has 40 heavy (non-hydrogen) atoms. The van der Waals surface area contributed by atoms with E-state index in [1.165, 1.54) is 25.7 Å². The molecule has 0 N–H and O–H groups in total. The van der Waals surface area contributed by atoms with Crippen LogP contribution in [0.1, 0.15) is 57.7 Å². The monoisotopic (exact) mass is 564 g/mol. The normalized spacial score (nSPS) is 24.7. The maximum absolute atomic E-state index is 9.85. The smallest absolute Gasteiger partial charge is 0.234 e. The third-order valence-corrected chi connectivity index (χ3v) is 8.92. The maximum atomic E-state index is 9.85. The molecule has 3 aliphatic rings. The van der Waals surface area contributed by atoms with Gasteiger partial charge in [0, 0.05) is 30.8 Å². The number of morpholine rings is 1. The van der Waals surface area contributed by atoms with Crippen LogP contribution in [0.15, 0.2) is 18.2 Å². The minimum Gasteiger partial charge on any atom is -0.491 e. The molecule has 2 atom stereocenters. The predicted octanol–water partition coefficient (Wildman–Crippen LogP) is 5.63. The molecule has 0 spiro atoms. The van der Waals surface area contributed by atoms with E-state index in [1.54, 1.807) is 13.2 Å². The topological polar surface area (TPSA) is 98.3 Å². The van der Waals surface area contributed by atoms with Gasteiger partial charge in [0.15, 0.2) is 5.65 Å². The quantitative estimate of drug-likeness (QED) is 0.325. The van der Waals surface area contributed by atoms with E-state index < -0.39 is 0 Å². The number of hydrogen-bond acceptors (Lipinski definition) is 8. The minimum atomic E-state index is 0.0905. The second-order valence-electron chi connectivity index (χ2n) is 11.4. The molecule has 3 aromatic rings. The van der Waals surface area contributed by atoms with E-state index in [-0.39, 0.29) is 11.9 Å². The fourth-order valence-corrected chi connectivity index (χ4v) is 6.86. The Balaban J connectivity index is 1.50. The molecule has 0 bridgehead atoms. The molecule has 3 fully saturated rings. The average molecular weight is 565 g/mol. The molecule has 1 saturated heterocycles. The van der Waals surface area contributed by atoms with Crippen molar-refractivity contribution in [3.8, 4) is 23.1 Å². The van der Waals surface area contributed by atoms with E-state index >= 15 is 0 Å². The maximum Gasteiger partial charge on any atom is 0.234 e. The van der Waals surface area contributed by atoms with E-state index in [0.717, 1.165) is 55.3 Å². The van der Waals surface area contributed by atoms with Gasteiger partial charge in [-0.15, -0.1) is 0 Å². The van der Waals surface area contributed by atoms with Gasteiger partial charge in [0.1, 0.15) is 29.6 Å². The summed E-state index contributed by atoms with van der Waals surface area (Å²) >= 11 is 6.57. The largest absolute Gasteiger partial charge is 0.491 e. The molecule has 1 aliphatic heterocycles. The number of methoxy groups -OCH3 is 1. The Morgan fingerprint density at radius 3 is 2.73 bits per heavy atom. The summed E-state index contributed by atoms with van der Waals surface area (Å²) in [5.41, 5.74) is 2.82. The number of nitriles is 1. The van der Waals surface area contributed by atoms with Gasteiger partial charge in [-0.2, -0.15) is 15.2 Å². The van der Waals surface area contributed by atoms with E-state index in [1.807, 2.05) is 12.1 Å². The van der Waals surface area contributed by atoms with Gasteiger partial charge in [-0.05, 0) is 62.1 Å². The highest BCUT2D eigenvalue weighted by molar-refractivity contribution is 6.31. The van der Waals surface area contributed by atoms with Crippen molar-refractivity contribution in [3.05, 3.63) is 29.0 Å². The summed E-state index contributed by atoms with van der Waals surface area (Å²) in [6, 6.07) is 8.02. The van der Waals surface area contributed by atoms with Crippen LogP contribution < -0.4 is 9.64 Å². The third-order valence-electron chi connectivity index (χ3n) is 8.70. The van der Waals surface area contributed by atoms with Gasteiger partial charge in [0.05, 0.1) is 25.4 Å². The van der Waals surface area contributed by atoms with Crippen LogP contribution in [0, 0.1) is 23.2 Å². The Morgan fingerprint density at radius 1 is 1.07 bits per heavy atom. The lowest BCUT2D eigenvalue weighted by atomic mass is 9.83. The molecule has 2 aromatic heterocycles. The Kier molecular flexibility index (Phi) is 8.10. The lowest BCUT2D eigenvalue weighted by Crippen LogP contribution is -2.49. The summed E-state index contributed by atoms with van der Waals surface area (Å²) in [4.78, 5) is 16.9. The van der Waals surface area contributed by atoms with Crippen LogP contribution in [0.25, 0.3) is 22.4 Å². The van der Waals surface area contributed by atoms with E-state index in [2.05, 4.69) is 27.4 Å². The number of rotatable bonds is 8. The summed E-state index contributed by atoms with van der Waals surface area (Å²) in [6.07, 6.45) is 8.43. The zero-order valence-electron chi connectivity index (χ0n) is 23.3. The number of benzene rings is 1. The summed E-state index contributed by atoms with van der Waals surface area (Å²) in [5, 5.41) is 10.4. The molecule has 2 aliphatic carbocycles. The van der Waals surface area contributed by atoms with Gasteiger partial charge in [0.2, 0.25) is 11.8 Å². The van der Waals surface area contributed by atoms with Crippen molar-refractivity contribution in [1.29, 1.82) is 5.26 Å². The zero-order chi connectivity index (χ0) is 27.6. The van der Waals surface area contributed by atoms with Crippen molar-refractivity contribution in [3.63, 3.8) is 0 Å². The first kappa shape index (κ1) is 27.3. The predicted molar refractivity (Wildman–Crippen MR) is 154 cm³/mol. The Hall–Kier alpha value is -2.93. The molecule has 0 amide bonds. The first-order valence-corrected chi connectivity index (χ1v) is 14.9. The molecule has 1 aromatic carbocycles. The second kappa shape index (κ2) is 11.9. The van der Waals surface area contributed by atoms with Crippen molar-refractivity contribution in [2.24, 2.45) is 11.8 Å². The van der Waals surface area contributed by atoms with Crippen LogP contribution in [0.2, 0.25) is 5.02 Å². The molecule has 2 saturated carbocycles. The van der Waals surface area contributed by atoms with Gasteiger partial charge in [0.25, 0.3) is 0 Å². The molecule has 212 valence electrons. The number of nitrogens with zero attached hydrogens (tertiary/aromatic N) is 6. The van der Waals surface area contributed by atoms with Gasteiger partial charge >= 0.3 is 0 Å². The van der Waals surface area contributed by atoms with Crippen LogP contribution >= 0.6 is 11.6 Å². The standard InChI is InChI=1S/C30H37ClN6O3/c1-19-6-8-20(9-7-19)18-37-28-27(21-14-22(31)16-23(15-21)39-13-12-38-2)33-26(17-32)34-29(28)35-30(37)36-10-11-40-25-5-3-4-24(25)36/h14-16,19-20,24-25H,3-13,18H2,1-2H3/t19?,20?,24-,25-/m0/s1. The van der Waals surface area contributed by atoms with Crippen molar-refractivity contribution < 1.29 is 14.2 Å². The number of halogens is 1. The van der Waals surface area contributed by atoms with Crippen LogP contribution in [-0.2, 0) is 16.0 Å². The highest BCUT2D eigenvalue weighted by Gasteiger charge is 2.39. The van der Waals surface area contributed by atoms with Crippen LogP contribution in [-0.4, -0.2) is 65.1 Å². The molecule has 3 heterocycles. The van der Waals surface area contributed by atoms with Crippen molar-refractivity contribution in [1.82, 2.24) is 19.5 Å². The summed E-state index contributed by atoms with van der Waals surface area (Å²) < 4.78 is 19.5. The van der Waals surface area contributed by atoms with Crippen LogP contribution in [0.4, 0.5) is 5.95 Å². The van der Waals surface area contributed by atoms with Crippen molar-refractivity contribution in [2.45, 2.75) is 70.6 Å². The number of anilines is 1. The molecule has 6 rings (SSSR count). The summed E-state index contributed by atoms with van der Waals surface area (Å²) in [5.74, 6) is 2.95. The molecular formula is C30H37ClN6O3. The lowest BCUT2D eigenvalue weighted by molar-refractivity contribution is 0.0247. The third kappa shape index (κ3) is 5.50. The van der Waals surface area contributed by atoms with Crippen molar-refractivity contribution >= 4 is 28.7 Å². The number of imidazole rings is 1. The fourth-order valence-electron chi connectivity index (χ4n) is 6.64. The van der Waals surface area contributed by atoms with E-state index in [0.29, 0.717) is 53.9 Å². The SMILES string of the molecule is COCCOc1cc(Cl)cc(-c2nc(C#N)nc3nc(N4CCO[C@H]5CCC[C@@H]54)n(CC4CCC(C)CC4)c23)c1. The summed E-state index contributed by atoms with van der Waals surface area (Å²) in [6.45, 7) is 5.53. The van der Waals surface area contributed by atoms with Gasteiger partial charge < -0.3 is 23.7 Å².